The summed E-state index contributed by atoms with van der Waals surface area (Å²) in [5.41, 5.74) is 0. The minimum absolute atomic E-state index is 0.689. The van der Waals surface area contributed by atoms with Crippen molar-refractivity contribution in [1.29, 1.82) is 0 Å². The van der Waals surface area contributed by atoms with Crippen molar-refractivity contribution in [3.8, 4) is 23.0 Å². The van der Waals surface area contributed by atoms with Gasteiger partial charge in [0.25, 0.3) is 0 Å². The molecule has 0 saturated heterocycles. The average molecular weight is 579 g/mol. The highest BCUT2D eigenvalue weighted by Crippen LogP contribution is 2.50. The minimum Gasteiger partial charge on any atom is -0.493 e. The summed E-state index contributed by atoms with van der Waals surface area (Å²) >= 11 is 0. The molecule has 0 bridgehead atoms. The molecule has 0 aliphatic carbocycles. The Morgan fingerprint density at radius 2 is 0.714 bits per heavy atom. The Morgan fingerprint density at radius 1 is 0.381 bits per heavy atom. The van der Waals surface area contributed by atoms with E-state index < -0.39 is 0 Å². The molecule has 3 aromatic carbocycles. The van der Waals surface area contributed by atoms with Gasteiger partial charge in [0.2, 0.25) is 0 Å². The third kappa shape index (κ3) is 10.3. The van der Waals surface area contributed by atoms with Crippen LogP contribution in [0.4, 0.5) is 0 Å². The fraction of sp³-hybridized carbons (Fsp3) is 0.632. The summed E-state index contributed by atoms with van der Waals surface area (Å²) in [6.07, 6.45) is 18.7. The summed E-state index contributed by atoms with van der Waals surface area (Å²) in [5, 5.41) is 4.16. The largest absolute Gasteiger partial charge is 0.493 e. The third-order valence-corrected chi connectivity index (χ3v) is 8.00. The van der Waals surface area contributed by atoms with Gasteiger partial charge in [-0.3, -0.25) is 0 Å². The van der Waals surface area contributed by atoms with E-state index in [1.807, 2.05) is 0 Å². The first-order valence-corrected chi connectivity index (χ1v) is 17.3. The Morgan fingerprint density at radius 3 is 1.05 bits per heavy atom. The normalized spacial score (nSPS) is 11.3. The molecule has 0 saturated carbocycles. The first-order chi connectivity index (χ1) is 20.8. The van der Waals surface area contributed by atoms with Gasteiger partial charge in [0, 0.05) is 10.8 Å². The molecule has 0 spiro atoms. The van der Waals surface area contributed by atoms with Gasteiger partial charge in [-0.1, -0.05) is 129 Å². The van der Waals surface area contributed by atoms with E-state index in [9.17, 15) is 0 Å². The predicted molar refractivity (Wildman–Crippen MR) is 180 cm³/mol. The maximum absolute atomic E-state index is 6.70. The van der Waals surface area contributed by atoms with Crippen molar-refractivity contribution in [2.45, 2.75) is 130 Å². The second kappa shape index (κ2) is 20.3. The Kier molecular flexibility index (Phi) is 16.4. The highest BCUT2D eigenvalue weighted by atomic mass is 16.5. The van der Waals surface area contributed by atoms with Crippen LogP contribution in [0.3, 0.4) is 0 Å². The van der Waals surface area contributed by atoms with Gasteiger partial charge < -0.3 is 18.9 Å². The number of rotatable bonds is 24. The molecule has 0 aliphatic heterocycles. The minimum atomic E-state index is 0.689. The van der Waals surface area contributed by atoms with Crippen LogP contribution in [0.5, 0.6) is 23.0 Å². The zero-order chi connectivity index (χ0) is 29.8. The van der Waals surface area contributed by atoms with E-state index in [4.69, 9.17) is 18.9 Å². The van der Waals surface area contributed by atoms with Crippen LogP contribution in [0.1, 0.15) is 130 Å². The Bertz CT molecular complexity index is 1060. The molecule has 0 amide bonds. The molecule has 3 aromatic rings. The van der Waals surface area contributed by atoms with Gasteiger partial charge in [-0.05, 0) is 37.8 Å². The van der Waals surface area contributed by atoms with Crippen molar-refractivity contribution >= 4 is 21.5 Å². The van der Waals surface area contributed by atoms with Crippen molar-refractivity contribution < 1.29 is 18.9 Å². The van der Waals surface area contributed by atoms with Crippen molar-refractivity contribution in [1.82, 2.24) is 0 Å². The van der Waals surface area contributed by atoms with Crippen LogP contribution in [0.15, 0.2) is 36.4 Å². The first kappa shape index (κ1) is 33.9. The molecule has 0 aliphatic rings. The molecule has 3 rings (SSSR count). The SMILES string of the molecule is CCCCCCOc1ccc(OCCCCCC)c2c(OCCCCCC)c3ccccc3c(OCCCCCC)c12. The molecular formula is C38H58O4. The van der Waals surface area contributed by atoms with Crippen LogP contribution in [0.25, 0.3) is 21.5 Å². The second-order valence-electron chi connectivity index (χ2n) is 11.7. The molecule has 0 heterocycles. The van der Waals surface area contributed by atoms with Crippen LogP contribution in [-0.2, 0) is 0 Å². The van der Waals surface area contributed by atoms with Crippen molar-refractivity contribution in [2.24, 2.45) is 0 Å². The monoisotopic (exact) mass is 578 g/mol. The number of benzene rings is 3. The lowest BCUT2D eigenvalue weighted by molar-refractivity contribution is 0.291. The highest BCUT2D eigenvalue weighted by Gasteiger charge is 2.23. The molecule has 0 unspecified atom stereocenters. The lowest BCUT2D eigenvalue weighted by Gasteiger charge is -2.22. The molecule has 0 N–H and O–H groups in total. The number of hydrogen-bond donors (Lipinski definition) is 0. The molecule has 42 heavy (non-hydrogen) atoms. The topological polar surface area (TPSA) is 36.9 Å². The summed E-state index contributed by atoms with van der Waals surface area (Å²) in [5.74, 6) is 3.53. The summed E-state index contributed by atoms with van der Waals surface area (Å²) in [6, 6.07) is 12.7. The van der Waals surface area contributed by atoms with E-state index in [0.29, 0.717) is 26.4 Å². The van der Waals surface area contributed by atoms with Crippen LogP contribution < -0.4 is 18.9 Å². The van der Waals surface area contributed by atoms with E-state index in [-0.39, 0.29) is 0 Å². The predicted octanol–water partition coefficient (Wildman–Crippen LogP) is 11.8. The van der Waals surface area contributed by atoms with Gasteiger partial charge in [0.15, 0.2) is 0 Å². The van der Waals surface area contributed by atoms with Gasteiger partial charge in [0.1, 0.15) is 23.0 Å². The first-order valence-electron chi connectivity index (χ1n) is 17.3. The maximum atomic E-state index is 6.70. The molecule has 4 heteroatoms. The van der Waals surface area contributed by atoms with Crippen molar-refractivity contribution in [2.75, 3.05) is 26.4 Å². The van der Waals surface area contributed by atoms with Gasteiger partial charge in [-0.25, -0.2) is 0 Å². The Balaban J connectivity index is 2.11. The number of hydrogen-bond acceptors (Lipinski definition) is 4. The molecule has 0 fully saturated rings. The fourth-order valence-corrected chi connectivity index (χ4v) is 5.53. The number of unbranched alkanes of at least 4 members (excludes halogenated alkanes) is 12. The molecule has 4 nitrogen and oxygen atoms in total. The maximum Gasteiger partial charge on any atom is 0.139 e. The number of fused-ring (bicyclic) bond motifs is 2. The molecule has 0 atom stereocenters. The van der Waals surface area contributed by atoms with Crippen LogP contribution in [0, 0.1) is 0 Å². The van der Waals surface area contributed by atoms with Gasteiger partial charge >= 0.3 is 0 Å². The molecule has 234 valence electrons. The third-order valence-electron chi connectivity index (χ3n) is 8.00. The highest BCUT2D eigenvalue weighted by molar-refractivity contribution is 6.15. The molecule has 0 radical (unpaired) electrons. The average Bonchev–Trinajstić information content (AvgIpc) is 3.01. The summed E-state index contributed by atoms with van der Waals surface area (Å²) in [6.45, 7) is 11.8. The van der Waals surface area contributed by atoms with Gasteiger partial charge in [-0.15, -0.1) is 0 Å². The van der Waals surface area contributed by atoms with E-state index in [1.54, 1.807) is 0 Å². The fourth-order valence-electron chi connectivity index (χ4n) is 5.53. The summed E-state index contributed by atoms with van der Waals surface area (Å²) in [7, 11) is 0. The van der Waals surface area contributed by atoms with Gasteiger partial charge in [-0.2, -0.15) is 0 Å². The second-order valence-corrected chi connectivity index (χ2v) is 11.7. The smallest absolute Gasteiger partial charge is 0.139 e. The standard InChI is InChI=1S/C38H58O4/c1-5-9-13-19-27-39-33-25-26-34(40-28-20-14-10-6-2)36-35(33)37(41-29-21-15-11-7-3)31-23-17-18-24-32(31)38(36)42-30-22-16-12-8-4/h17-18,23-26H,5-16,19-22,27-30H2,1-4H3. The van der Waals surface area contributed by atoms with Crippen molar-refractivity contribution in [3.63, 3.8) is 0 Å². The molecule has 0 aromatic heterocycles. The zero-order valence-corrected chi connectivity index (χ0v) is 27.2. The van der Waals surface area contributed by atoms with Crippen LogP contribution in [0.2, 0.25) is 0 Å². The van der Waals surface area contributed by atoms with E-state index in [1.165, 1.54) is 77.0 Å². The van der Waals surface area contributed by atoms with Gasteiger partial charge in [0.05, 0.1) is 37.2 Å². The Labute approximate surface area is 256 Å². The van der Waals surface area contributed by atoms with E-state index >= 15 is 0 Å². The van der Waals surface area contributed by atoms with Crippen molar-refractivity contribution in [3.05, 3.63) is 36.4 Å². The summed E-state index contributed by atoms with van der Waals surface area (Å²) < 4.78 is 26.5. The van der Waals surface area contributed by atoms with E-state index in [0.717, 1.165) is 70.2 Å². The quantitative estimate of drug-likeness (QED) is 0.0782. The zero-order valence-electron chi connectivity index (χ0n) is 27.2. The lowest BCUT2D eigenvalue weighted by Crippen LogP contribution is -2.06. The molecular weight excluding hydrogens is 520 g/mol. The van der Waals surface area contributed by atoms with Crippen LogP contribution in [-0.4, -0.2) is 26.4 Å². The summed E-state index contributed by atoms with van der Waals surface area (Å²) in [4.78, 5) is 0. The lowest BCUT2D eigenvalue weighted by atomic mass is 9.98. The van der Waals surface area contributed by atoms with Crippen LogP contribution >= 0.6 is 0 Å². The number of ether oxygens (including phenoxy) is 4. The van der Waals surface area contributed by atoms with E-state index in [2.05, 4.69) is 64.1 Å². The Hall–Kier alpha value is -2.62.